The first-order valence-electron chi connectivity index (χ1n) is 11.5. The van der Waals surface area contributed by atoms with Gasteiger partial charge in [0.25, 0.3) is 0 Å². The molecule has 0 aromatic heterocycles. The van der Waals surface area contributed by atoms with Crippen LogP contribution in [0.25, 0.3) is 11.1 Å². The molecule has 0 bridgehead atoms. The number of nitrogens with zero attached hydrogens (tertiary/aromatic N) is 1. The topological polar surface area (TPSA) is 105 Å². The summed E-state index contributed by atoms with van der Waals surface area (Å²) in [6, 6.07) is 15.0. The van der Waals surface area contributed by atoms with Gasteiger partial charge in [0.05, 0.1) is 6.10 Å². The van der Waals surface area contributed by atoms with Gasteiger partial charge in [-0.3, -0.25) is 4.79 Å². The van der Waals surface area contributed by atoms with Crippen LogP contribution in [0.5, 0.6) is 0 Å². The van der Waals surface area contributed by atoms with Crippen LogP contribution in [-0.2, 0) is 19.1 Å². The first-order valence-corrected chi connectivity index (χ1v) is 11.5. The normalized spacial score (nSPS) is 20.9. The summed E-state index contributed by atoms with van der Waals surface area (Å²) in [6.07, 6.45) is -0.493. The van der Waals surface area contributed by atoms with Gasteiger partial charge in [-0.25, -0.2) is 9.59 Å². The van der Waals surface area contributed by atoms with Crippen molar-refractivity contribution in [2.75, 3.05) is 20.3 Å². The molecule has 34 heavy (non-hydrogen) atoms. The van der Waals surface area contributed by atoms with Gasteiger partial charge in [0.2, 0.25) is 5.91 Å². The maximum atomic E-state index is 13.3. The molecule has 0 radical (unpaired) electrons. The largest absolute Gasteiger partial charge is 0.480 e. The second kappa shape index (κ2) is 9.46. The minimum atomic E-state index is -1.31. The number of rotatable bonds is 7. The van der Waals surface area contributed by atoms with Crippen molar-refractivity contribution in [3.63, 3.8) is 0 Å². The SMILES string of the molecule is COC(C)C(NC(=O)OCC1c2ccccc2-c2ccccc21)C(=O)N1CCCC1(C)C(=O)O. The first-order chi connectivity index (χ1) is 16.3. The van der Waals surface area contributed by atoms with Crippen LogP contribution in [0, 0.1) is 0 Å². The van der Waals surface area contributed by atoms with Crippen LogP contribution in [0.4, 0.5) is 4.79 Å². The number of ether oxygens (including phenoxy) is 2. The van der Waals surface area contributed by atoms with Crippen molar-refractivity contribution in [2.24, 2.45) is 0 Å². The lowest BCUT2D eigenvalue weighted by atomic mass is 9.98. The number of carboxylic acid groups (broad SMARTS) is 1. The van der Waals surface area contributed by atoms with E-state index in [0.29, 0.717) is 19.4 Å². The lowest BCUT2D eigenvalue weighted by molar-refractivity contribution is -0.157. The van der Waals surface area contributed by atoms with Crippen molar-refractivity contribution >= 4 is 18.0 Å². The summed E-state index contributed by atoms with van der Waals surface area (Å²) in [5, 5.41) is 12.3. The van der Waals surface area contributed by atoms with Gasteiger partial charge in [-0.2, -0.15) is 0 Å². The zero-order valence-electron chi connectivity index (χ0n) is 19.6. The van der Waals surface area contributed by atoms with E-state index in [1.54, 1.807) is 6.92 Å². The third-order valence-corrected chi connectivity index (χ3v) is 7.09. The van der Waals surface area contributed by atoms with Gasteiger partial charge in [0, 0.05) is 19.6 Å². The van der Waals surface area contributed by atoms with Crippen LogP contribution >= 0.6 is 0 Å². The van der Waals surface area contributed by atoms with Crippen molar-refractivity contribution in [3.8, 4) is 11.1 Å². The van der Waals surface area contributed by atoms with Crippen molar-refractivity contribution in [3.05, 3.63) is 59.7 Å². The Morgan fingerprint density at radius 3 is 2.26 bits per heavy atom. The quantitative estimate of drug-likeness (QED) is 0.648. The molecule has 1 saturated heterocycles. The van der Waals surface area contributed by atoms with Gasteiger partial charge in [-0.15, -0.1) is 0 Å². The summed E-state index contributed by atoms with van der Waals surface area (Å²) in [5.74, 6) is -1.67. The fourth-order valence-corrected chi connectivity index (χ4v) is 4.99. The maximum Gasteiger partial charge on any atom is 0.407 e. The van der Waals surface area contributed by atoms with Crippen LogP contribution < -0.4 is 5.32 Å². The predicted octanol–water partition coefficient (Wildman–Crippen LogP) is 3.39. The van der Waals surface area contributed by atoms with E-state index in [1.807, 2.05) is 36.4 Å². The number of benzene rings is 2. The molecule has 0 saturated carbocycles. The molecule has 0 spiro atoms. The number of likely N-dealkylation sites (tertiary alicyclic amines) is 1. The summed E-state index contributed by atoms with van der Waals surface area (Å²) in [7, 11) is 1.44. The summed E-state index contributed by atoms with van der Waals surface area (Å²) in [4.78, 5) is 39.2. The molecule has 3 unspecified atom stereocenters. The van der Waals surface area contributed by atoms with E-state index in [2.05, 4.69) is 17.4 Å². The van der Waals surface area contributed by atoms with Crippen molar-refractivity contribution in [1.82, 2.24) is 10.2 Å². The zero-order chi connectivity index (χ0) is 24.5. The number of fused-ring (bicyclic) bond motifs is 3. The van der Waals surface area contributed by atoms with Gasteiger partial charge in [-0.1, -0.05) is 48.5 Å². The second-order valence-electron chi connectivity index (χ2n) is 9.06. The Bertz CT molecular complexity index is 1060. The van der Waals surface area contributed by atoms with Gasteiger partial charge >= 0.3 is 12.1 Å². The van der Waals surface area contributed by atoms with E-state index < -0.39 is 35.7 Å². The third kappa shape index (κ3) is 4.14. The smallest absolute Gasteiger partial charge is 0.407 e. The molecule has 3 atom stereocenters. The molecule has 2 aromatic carbocycles. The van der Waals surface area contributed by atoms with Crippen molar-refractivity contribution in [1.29, 1.82) is 0 Å². The summed E-state index contributed by atoms with van der Waals surface area (Å²) < 4.78 is 10.9. The number of amides is 2. The molecule has 2 amide bonds. The maximum absolute atomic E-state index is 13.3. The number of nitrogens with one attached hydrogen (secondary N) is 1. The average Bonchev–Trinajstić information content (AvgIpc) is 3.39. The van der Waals surface area contributed by atoms with Crippen LogP contribution in [0.2, 0.25) is 0 Å². The van der Waals surface area contributed by atoms with E-state index in [0.717, 1.165) is 22.3 Å². The molecular formula is C26H30N2O6. The molecule has 1 fully saturated rings. The second-order valence-corrected chi connectivity index (χ2v) is 9.06. The number of carboxylic acids is 1. The lowest BCUT2D eigenvalue weighted by Crippen LogP contribution is -2.60. The number of carbonyl (C=O) groups excluding carboxylic acids is 2. The van der Waals surface area contributed by atoms with Crippen LogP contribution in [0.3, 0.4) is 0 Å². The number of hydrogen-bond acceptors (Lipinski definition) is 5. The molecule has 2 aromatic rings. The van der Waals surface area contributed by atoms with E-state index in [-0.39, 0.29) is 12.5 Å². The number of aliphatic carboxylic acids is 1. The fourth-order valence-electron chi connectivity index (χ4n) is 4.99. The monoisotopic (exact) mass is 466 g/mol. The van der Waals surface area contributed by atoms with Crippen molar-refractivity contribution in [2.45, 2.75) is 50.3 Å². The fraction of sp³-hybridized carbons (Fsp3) is 0.423. The minimum Gasteiger partial charge on any atom is -0.480 e. The van der Waals surface area contributed by atoms with E-state index in [9.17, 15) is 19.5 Å². The number of methoxy groups -OCH3 is 1. The third-order valence-electron chi connectivity index (χ3n) is 7.09. The van der Waals surface area contributed by atoms with Gasteiger partial charge in [0.1, 0.15) is 18.2 Å². The molecular weight excluding hydrogens is 436 g/mol. The molecule has 180 valence electrons. The lowest BCUT2D eigenvalue weighted by Gasteiger charge is -2.35. The number of hydrogen-bond donors (Lipinski definition) is 2. The Kier molecular flexibility index (Phi) is 6.61. The minimum absolute atomic E-state index is 0.110. The molecule has 4 rings (SSSR count). The first kappa shape index (κ1) is 23.8. The highest BCUT2D eigenvalue weighted by molar-refractivity contribution is 5.92. The van der Waals surface area contributed by atoms with Gasteiger partial charge in [-0.05, 0) is 48.9 Å². The van der Waals surface area contributed by atoms with Crippen molar-refractivity contribution < 1.29 is 29.0 Å². The Labute approximate surface area is 198 Å². The van der Waals surface area contributed by atoms with Gasteiger partial charge < -0.3 is 24.8 Å². The summed E-state index contributed by atoms with van der Waals surface area (Å²) in [6.45, 7) is 3.60. The van der Waals surface area contributed by atoms with Crippen LogP contribution in [0.15, 0.2) is 48.5 Å². The molecule has 2 N–H and O–H groups in total. The molecule has 8 heteroatoms. The summed E-state index contributed by atoms with van der Waals surface area (Å²) in [5.41, 5.74) is 3.10. The number of carbonyl (C=O) groups is 3. The molecule has 1 aliphatic heterocycles. The van der Waals surface area contributed by atoms with Crippen LogP contribution in [-0.4, -0.2) is 65.9 Å². The Hall–Kier alpha value is -3.39. The van der Waals surface area contributed by atoms with E-state index in [4.69, 9.17) is 9.47 Å². The highest BCUT2D eigenvalue weighted by Gasteiger charge is 2.48. The zero-order valence-corrected chi connectivity index (χ0v) is 19.6. The molecule has 2 aliphatic rings. The number of alkyl carbamates (subject to hydrolysis) is 1. The average molecular weight is 467 g/mol. The standard InChI is InChI=1S/C26H30N2O6/c1-16(33-3)22(23(29)28-14-8-13-26(28,2)24(30)31)27-25(32)34-15-21-19-11-6-4-9-17(19)18-10-5-7-12-20(18)21/h4-7,9-12,16,21-22H,8,13-15H2,1-3H3,(H,27,32)(H,30,31). The molecule has 1 heterocycles. The molecule has 1 aliphatic carbocycles. The highest BCUT2D eigenvalue weighted by atomic mass is 16.5. The summed E-state index contributed by atoms with van der Waals surface area (Å²) >= 11 is 0. The van der Waals surface area contributed by atoms with Crippen LogP contribution in [0.1, 0.15) is 43.7 Å². The van der Waals surface area contributed by atoms with E-state index >= 15 is 0 Å². The highest BCUT2D eigenvalue weighted by Crippen LogP contribution is 2.44. The predicted molar refractivity (Wildman–Crippen MR) is 125 cm³/mol. The Morgan fingerprint density at radius 1 is 1.12 bits per heavy atom. The Morgan fingerprint density at radius 2 is 1.71 bits per heavy atom. The van der Waals surface area contributed by atoms with Gasteiger partial charge in [0.15, 0.2) is 0 Å². The molecule has 8 nitrogen and oxygen atoms in total. The van der Waals surface area contributed by atoms with E-state index in [1.165, 1.54) is 18.9 Å². The Balaban J connectivity index is 1.47.